The van der Waals surface area contributed by atoms with Gasteiger partial charge in [0.2, 0.25) is 0 Å². The summed E-state index contributed by atoms with van der Waals surface area (Å²) >= 11 is 0. The van der Waals surface area contributed by atoms with Gasteiger partial charge in [0.25, 0.3) is 0 Å². The number of carboxylic acids is 3. The molecule has 2 atom stereocenters. The lowest BCUT2D eigenvalue weighted by Crippen LogP contribution is -2.21. The second-order valence-electron chi connectivity index (χ2n) is 18.8. The average molecular weight is 904 g/mol. The summed E-state index contributed by atoms with van der Waals surface area (Å²) in [6.07, 6.45) is 64.3. The van der Waals surface area contributed by atoms with E-state index in [-0.39, 0.29) is 5.92 Å². The first-order valence-corrected chi connectivity index (χ1v) is 27.8. The molecule has 0 aliphatic heterocycles. The van der Waals surface area contributed by atoms with Crippen LogP contribution in [0.3, 0.4) is 0 Å². The predicted molar refractivity (Wildman–Crippen MR) is 280 cm³/mol. The topological polar surface area (TPSA) is 112 Å². The van der Waals surface area contributed by atoms with Crippen LogP contribution in [-0.4, -0.2) is 33.2 Å². The largest absolute Gasteiger partial charge is 0.481 e. The van der Waals surface area contributed by atoms with Crippen LogP contribution in [0.1, 0.15) is 304 Å². The van der Waals surface area contributed by atoms with Crippen LogP contribution in [0.15, 0.2) is 36.5 Å². The molecule has 2 unspecified atom stereocenters. The Balaban J connectivity index is -0.000000878. The number of allylic oxidation sites excluding steroid dienone is 6. The van der Waals surface area contributed by atoms with Gasteiger partial charge in [-0.2, -0.15) is 0 Å². The molecular formula is C58H110O6. The summed E-state index contributed by atoms with van der Waals surface area (Å²) in [5, 5.41) is 26.3. The third-order valence-electron chi connectivity index (χ3n) is 12.5. The van der Waals surface area contributed by atoms with E-state index in [0.717, 1.165) is 44.9 Å². The monoisotopic (exact) mass is 903 g/mol. The van der Waals surface area contributed by atoms with Crippen molar-refractivity contribution < 1.29 is 29.7 Å². The maximum Gasteiger partial charge on any atom is 0.306 e. The molecule has 6 nitrogen and oxygen atoms in total. The van der Waals surface area contributed by atoms with Crippen molar-refractivity contribution >= 4 is 17.9 Å². The highest BCUT2D eigenvalue weighted by atomic mass is 16.4. The van der Waals surface area contributed by atoms with Crippen molar-refractivity contribution in [3.05, 3.63) is 36.5 Å². The number of unbranched alkanes of at least 4 members (excludes halogenated alkanes) is 32. The fourth-order valence-electron chi connectivity index (χ4n) is 7.89. The second kappa shape index (κ2) is 58.6. The number of carbonyl (C=O) groups is 3. The van der Waals surface area contributed by atoms with Crippen LogP contribution in [0.4, 0.5) is 0 Å². The van der Waals surface area contributed by atoms with Gasteiger partial charge in [-0.3, -0.25) is 14.4 Å². The summed E-state index contributed by atoms with van der Waals surface area (Å²) in [7, 11) is 0. The minimum atomic E-state index is -0.664. The van der Waals surface area contributed by atoms with Gasteiger partial charge in [0, 0.05) is 12.8 Å². The minimum absolute atomic E-state index is 0.146. The van der Waals surface area contributed by atoms with E-state index in [1.54, 1.807) is 0 Å². The Morgan fingerprint density at radius 2 is 0.578 bits per heavy atom. The normalized spacial score (nSPS) is 12.3. The van der Waals surface area contributed by atoms with Crippen LogP contribution in [0.25, 0.3) is 0 Å². The number of hydrogen-bond acceptors (Lipinski definition) is 3. The zero-order valence-electron chi connectivity index (χ0n) is 43.4. The van der Waals surface area contributed by atoms with Crippen molar-refractivity contribution in [1.29, 1.82) is 0 Å². The van der Waals surface area contributed by atoms with E-state index in [0.29, 0.717) is 18.8 Å². The molecule has 0 aliphatic rings. The zero-order valence-corrected chi connectivity index (χ0v) is 43.4. The van der Waals surface area contributed by atoms with Gasteiger partial charge < -0.3 is 15.3 Å². The third-order valence-corrected chi connectivity index (χ3v) is 12.5. The lowest BCUT2D eigenvalue weighted by Gasteiger charge is -2.18. The molecule has 0 bridgehead atoms. The molecule has 0 radical (unpaired) electrons. The molecular weight excluding hydrogens is 793 g/mol. The standard InChI is InChI=1S/C22H42O2.2C18H34O2/c1-4-6-7-8-9-10-11-12-13-14-15-16-17-18-19-21(22(23)24)20(3)5-2;2*1-2-3-4-5-6-7-8-9-10-11-12-13-14-15-16-17-18(19)20/h12-13,20-21H,4-11,14-19H2,1-3H3,(H,23,24);2*9-10H,2-8,11-17H2,1H3,(H,19,20)/b13-12-;2*10-9-. The SMILES string of the molecule is CCCCCCCC/C=C\CCCCCCC(C(=O)O)C(C)CC.CCCCCCCC/C=C\CCCCCCCC(=O)O.CCCCCCCC/C=C\CCCCCCCC(=O)O. The zero-order chi connectivity index (χ0) is 47.8. The molecule has 0 saturated heterocycles. The molecule has 0 spiro atoms. The quantitative estimate of drug-likeness (QED) is 0.0414. The van der Waals surface area contributed by atoms with Crippen LogP contribution >= 0.6 is 0 Å². The smallest absolute Gasteiger partial charge is 0.306 e. The van der Waals surface area contributed by atoms with Gasteiger partial charge in [-0.15, -0.1) is 0 Å². The van der Waals surface area contributed by atoms with E-state index in [1.807, 2.05) is 0 Å². The maximum atomic E-state index is 11.3. The lowest BCUT2D eigenvalue weighted by molar-refractivity contribution is -0.144. The fourth-order valence-corrected chi connectivity index (χ4v) is 7.89. The molecule has 64 heavy (non-hydrogen) atoms. The maximum absolute atomic E-state index is 11.3. The Morgan fingerprint density at radius 1 is 0.344 bits per heavy atom. The molecule has 0 aromatic carbocycles. The lowest BCUT2D eigenvalue weighted by atomic mass is 9.87. The van der Waals surface area contributed by atoms with Gasteiger partial charge in [-0.05, 0) is 102 Å². The molecule has 378 valence electrons. The number of hydrogen-bond donors (Lipinski definition) is 3. The van der Waals surface area contributed by atoms with E-state index in [4.69, 9.17) is 10.2 Å². The van der Waals surface area contributed by atoms with E-state index in [2.05, 4.69) is 71.1 Å². The van der Waals surface area contributed by atoms with Gasteiger partial charge in [0.1, 0.15) is 0 Å². The predicted octanol–water partition coefficient (Wildman–Crippen LogP) is 19.6. The van der Waals surface area contributed by atoms with Crippen LogP contribution in [-0.2, 0) is 14.4 Å². The highest BCUT2D eigenvalue weighted by Gasteiger charge is 2.22. The van der Waals surface area contributed by atoms with E-state index in [1.165, 1.54) is 212 Å². The molecule has 3 N–H and O–H groups in total. The van der Waals surface area contributed by atoms with Gasteiger partial charge in [-0.25, -0.2) is 0 Å². The van der Waals surface area contributed by atoms with Crippen molar-refractivity contribution in [3.63, 3.8) is 0 Å². The molecule has 6 heteroatoms. The first-order chi connectivity index (χ1) is 31.2. The summed E-state index contributed by atoms with van der Waals surface area (Å²) in [6, 6.07) is 0. The Kier molecular flexibility index (Phi) is 60.4. The average Bonchev–Trinajstić information content (AvgIpc) is 3.27. The minimum Gasteiger partial charge on any atom is -0.481 e. The Labute approximate surface area is 398 Å². The van der Waals surface area contributed by atoms with Gasteiger partial charge in [-0.1, -0.05) is 232 Å². The van der Waals surface area contributed by atoms with Crippen LogP contribution in [0.2, 0.25) is 0 Å². The summed E-state index contributed by atoms with van der Waals surface area (Å²) < 4.78 is 0. The van der Waals surface area contributed by atoms with Crippen molar-refractivity contribution in [1.82, 2.24) is 0 Å². The fraction of sp³-hybridized carbons (Fsp3) is 0.845. The van der Waals surface area contributed by atoms with Gasteiger partial charge in [0.05, 0.1) is 5.92 Å². The Bertz CT molecular complexity index is 982. The number of carboxylic acid groups (broad SMARTS) is 3. The first kappa shape index (κ1) is 65.9. The molecule has 0 aromatic heterocycles. The van der Waals surface area contributed by atoms with Crippen molar-refractivity contribution in [2.45, 2.75) is 304 Å². The van der Waals surface area contributed by atoms with Gasteiger partial charge >= 0.3 is 17.9 Å². The molecule has 0 fully saturated rings. The highest BCUT2D eigenvalue weighted by molar-refractivity contribution is 5.70. The first-order valence-electron chi connectivity index (χ1n) is 27.8. The Morgan fingerprint density at radius 3 is 0.812 bits per heavy atom. The number of rotatable bonds is 47. The molecule has 0 saturated carbocycles. The van der Waals surface area contributed by atoms with Crippen molar-refractivity contribution in [2.24, 2.45) is 11.8 Å². The van der Waals surface area contributed by atoms with Crippen LogP contribution < -0.4 is 0 Å². The molecule has 0 heterocycles. The van der Waals surface area contributed by atoms with Crippen molar-refractivity contribution in [2.75, 3.05) is 0 Å². The van der Waals surface area contributed by atoms with E-state index < -0.39 is 17.9 Å². The third kappa shape index (κ3) is 61.7. The molecule has 0 amide bonds. The number of aliphatic carboxylic acids is 3. The van der Waals surface area contributed by atoms with E-state index >= 15 is 0 Å². The highest BCUT2D eigenvalue weighted by Crippen LogP contribution is 2.22. The van der Waals surface area contributed by atoms with E-state index in [9.17, 15) is 19.5 Å². The van der Waals surface area contributed by atoms with Crippen LogP contribution in [0.5, 0.6) is 0 Å². The van der Waals surface area contributed by atoms with Gasteiger partial charge in [0.15, 0.2) is 0 Å². The summed E-state index contributed by atoms with van der Waals surface area (Å²) in [5.74, 6) is -1.79. The van der Waals surface area contributed by atoms with Crippen LogP contribution in [0, 0.1) is 11.8 Å². The molecule has 0 aromatic rings. The Hall–Kier alpha value is -2.37. The summed E-state index contributed by atoms with van der Waals surface area (Å²) in [4.78, 5) is 31.9. The van der Waals surface area contributed by atoms with Crippen molar-refractivity contribution in [3.8, 4) is 0 Å². The molecule has 0 rings (SSSR count). The molecule has 0 aliphatic carbocycles. The second-order valence-corrected chi connectivity index (χ2v) is 18.8. The summed E-state index contributed by atoms with van der Waals surface area (Å²) in [6.45, 7) is 10.9. The summed E-state index contributed by atoms with van der Waals surface area (Å²) in [5.41, 5.74) is 0.